The monoisotopic (exact) mass is 363 g/mol. The minimum absolute atomic E-state index is 0.0443. The van der Waals surface area contributed by atoms with Crippen LogP contribution in [0.5, 0.6) is 0 Å². The van der Waals surface area contributed by atoms with Gasteiger partial charge in [0.25, 0.3) is 5.91 Å². The predicted molar refractivity (Wildman–Crippen MR) is 95.9 cm³/mol. The minimum Gasteiger partial charge on any atom is -0.466 e. The summed E-state index contributed by atoms with van der Waals surface area (Å²) in [5.41, 5.74) is 1.10. The van der Waals surface area contributed by atoms with Crippen molar-refractivity contribution >= 4 is 23.5 Å². The first-order valence-electron chi connectivity index (χ1n) is 9.10. The number of esters is 2. The van der Waals surface area contributed by atoms with Crippen molar-refractivity contribution in [1.29, 1.82) is 0 Å². The van der Waals surface area contributed by atoms with Crippen LogP contribution in [-0.2, 0) is 19.1 Å². The van der Waals surface area contributed by atoms with Gasteiger partial charge in [-0.15, -0.1) is 0 Å². The average Bonchev–Trinajstić information content (AvgIpc) is 2.63. The molecule has 0 unspecified atom stereocenters. The smallest absolute Gasteiger partial charge is 0.338 e. The van der Waals surface area contributed by atoms with E-state index in [9.17, 15) is 14.4 Å². The van der Waals surface area contributed by atoms with Crippen LogP contribution in [0.4, 0.5) is 5.69 Å². The van der Waals surface area contributed by atoms with Crippen molar-refractivity contribution in [2.45, 2.75) is 26.7 Å². The van der Waals surface area contributed by atoms with E-state index < -0.39 is 0 Å². The molecule has 7 nitrogen and oxygen atoms in total. The van der Waals surface area contributed by atoms with E-state index in [0.717, 1.165) is 30.8 Å². The Morgan fingerprint density at radius 2 is 1.65 bits per heavy atom. The fourth-order valence-corrected chi connectivity index (χ4v) is 3.03. The molecule has 1 saturated heterocycles. The van der Waals surface area contributed by atoms with Crippen molar-refractivity contribution in [3.63, 3.8) is 0 Å². The third kappa shape index (κ3) is 5.84. The highest BCUT2D eigenvalue weighted by Gasteiger charge is 2.29. The molecule has 0 aromatic heterocycles. The van der Waals surface area contributed by atoms with Gasteiger partial charge in [0.1, 0.15) is 0 Å². The number of quaternary nitrogens is 1. The lowest BCUT2D eigenvalue weighted by Crippen LogP contribution is -3.14. The summed E-state index contributed by atoms with van der Waals surface area (Å²) in [6.45, 7) is 6.20. The lowest BCUT2D eigenvalue weighted by Gasteiger charge is -2.27. The summed E-state index contributed by atoms with van der Waals surface area (Å²) in [7, 11) is 0. The van der Waals surface area contributed by atoms with E-state index in [1.54, 1.807) is 31.2 Å². The van der Waals surface area contributed by atoms with Crippen molar-refractivity contribution in [3.05, 3.63) is 29.8 Å². The van der Waals surface area contributed by atoms with Gasteiger partial charge >= 0.3 is 11.9 Å². The number of anilines is 1. The van der Waals surface area contributed by atoms with Crippen LogP contribution in [0.1, 0.15) is 37.0 Å². The third-order valence-corrected chi connectivity index (χ3v) is 4.40. The van der Waals surface area contributed by atoms with Gasteiger partial charge < -0.3 is 19.7 Å². The Bertz CT molecular complexity index is 621. The quantitative estimate of drug-likeness (QED) is 0.695. The molecule has 2 N–H and O–H groups in total. The number of nitrogens with one attached hydrogen (secondary N) is 2. The highest BCUT2D eigenvalue weighted by molar-refractivity contribution is 5.93. The van der Waals surface area contributed by atoms with Gasteiger partial charge in [-0.3, -0.25) is 9.59 Å². The normalized spacial score (nSPS) is 19.5. The Balaban J connectivity index is 1.77. The Hall–Kier alpha value is -2.41. The lowest BCUT2D eigenvalue weighted by molar-refractivity contribution is -0.897. The van der Waals surface area contributed by atoms with E-state index in [4.69, 9.17) is 9.47 Å². The average molecular weight is 363 g/mol. The molecule has 1 aliphatic heterocycles. The van der Waals surface area contributed by atoms with E-state index in [1.807, 2.05) is 6.92 Å². The second kappa shape index (κ2) is 9.91. The number of carbonyl (C=O) groups excluding carboxylic acids is 3. The summed E-state index contributed by atoms with van der Waals surface area (Å²) >= 11 is 0. The number of hydrogen-bond donors (Lipinski definition) is 2. The zero-order chi connectivity index (χ0) is 18.9. The van der Waals surface area contributed by atoms with E-state index >= 15 is 0 Å². The van der Waals surface area contributed by atoms with Gasteiger partial charge in [-0.1, -0.05) is 0 Å². The molecule has 1 heterocycles. The van der Waals surface area contributed by atoms with Crippen LogP contribution in [0.2, 0.25) is 0 Å². The fraction of sp³-hybridized carbons (Fsp3) is 0.526. The maximum absolute atomic E-state index is 12.2. The van der Waals surface area contributed by atoms with Gasteiger partial charge in [0.15, 0.2) is 6.54 Å². The molecule has 0 atom stereocenters. The Morgan fingerprint density at radius 1 is 1.04 bits per heavy atom. The number of benzene rings is 1. The number of piperidine rings is 1. The minimum atomic E-state index is -0.376. The van der Waals surface area contributed by atoms with Gasteiger partial charge in [0.05, 0.1) is 37.8 Å². The highest BCUT2D eigenvalue weighted by Crippen LogP contribution is 2.12. The molecule has 142 valence electrons. The molecule has 7 heteroatoms. The summed E-state index contributed by atoms with van der Waals surface area (Å²) in [5.74, 6) is -0.632. The van der Waals surface area contributed by atoms with Gasteiger partial charge in [0, 0.05) is 18.5 Å². The van der Waals surface area contributed by atoms with Crippen molar-refractivity contribution in [3.8, 4) is 0 Å². The molecule has 0 saturated carbocycles. The third-order valence-electron chi connectivity index (χ3n) is 4.40. The van der Waals surface area contributed by atoms with Crippen molar-refractivity contribution in [2.24, 2.45) is 5.92 Å². The molecule has 1 aromatic rings. The van der Waals surface area contributed by atoms with Crippen LogP contribution in [0.3, 0.4) is 0 Å². The van der Waals surface area contributed by atoms with Crippen molar-refractivity contribution < 1.29 is 28.8 Å². The van der Waals surface area contributed by atoms with Gasteiger partial charge in [-0.25, -0.2) is 4.79 Å². The Morgan fingerprint density at radius 3 is 2.23 bits per heavy atom. The van der Waals surface area contributed by atoms with Crippen LogP contribution in [0.15, 0.2) is 24.3 Å². The highest BCUT2D eigenvalue weighted by atomic mass is 16.5. The predicted octanol–water partition coefficient (Wildman–Crippen LogP) is 0.660. The van der Waals surface area contributed by atoms with Gasteiger partial charge in [0.2, 0.25) is 0 Å². The molecule has 0 bridgehead atoms. The summed E-state index contributed by atoms with van der Waals surface area (Å²) in [6.07, 6.45) is 1.49. The summed E-state index contributed by atoms with van der Waals surface area (Å²) < 4.78 is 9.99. The molecular formula is C19H27N2O5+. The molecule has 1 amide bonds. The van der Waals surface area contributed by atoms with Crippen LogP contribution >= 0.6 is 0 Å². The SMILES string of the molecule is CCOC(=O)c1ccc(NC(=O)C[NH+]2CCC(C(=O)OCC)CC2)cc1. The standard InChI is InChI=1S/C19H26N2O5/c1-3-25-18(23)14-5-7-16(8-6-14)20-17(22)13-21-11-9-15(10-12-21)19(24)26-4-2/h5-8,15H,3-4,9-13H2,1-2H3,(H,20,22)/p+1. The molecule has 1 fully saturated rings. The summed E-state index contributed by atoms with van der Waals surface area (Å²) in [6, 6.07) is 6.63. The number of ether oxygens (including phenoxy) is 2. The molecule has 0 radical (unpaired) electrons. The van der Waals surface area contributed by atoms with Crippen LogP contribution in [0.25, 0.3) is 0 Å². The zero-order valence-electron chi connectivity index (χ0n) is 15.4. The Labute approximate surface area is 153 Å². The number of likely N-dealkylation sites (tertiary alicyclic amines) is 1. The molecule has 0 spiro atoms. The topological polar surface area (TPSA) is 86.1 Å². The van der Waals surface area contributed by atoms with E-state index in [-0.39, 0.29) is 23.8 Å². The second-order valence-electron chi connectivity index (χ2n) is 6.30. The van der Waals surface area contributed by atoms with Crippen molar-refractivity contribution in [1.82, 2.24) is 0 Å². The first-order chi connectivity index (χ1) is 12.5. The van der Waals surface area contributed by atoms with E-state index in [1.165, 1.54) is 0 Å². The zero-order valence-corrected chi connectivity index (χ0v) is 15.4. The number of amides is 1. The maximum Gasteiger partial charge on any atom is 0.338 e. The molecule has 1 aliphatic rings. The summed E-state index contributed by atoms with van der Waals surface area (Å²) in [4.78, 5) is 36.7. The van der Waals surface area contributed by atoms with Gasteiger partial charge in [-0.2, -0.15) is 0 Å². The summed E-state index contributed by atoms with van der Waals surface area (Å²) in [5, 5.41) is 2.84. The van der Waals surface area contributed by atoms with E-state index in [0.29, 0.717) is 31.0 Å². The van der Waals surface area contributed by atoms with E-state index in [2.05, 4.69) is 5.32 Å². The fourth-order valence-electron chi connectivity index (χ4n) is 3.03. The number of carbonyl (C=O) groups is 3. The molecule has 1 aromatic carbocycles. The number of hydrogen-bond acceptors (Lipinski definition) is 5. The Kier molecular flexibility index (Phi) is 7.59. The van der Waals surface area contributed by atoms with Crippen LogP contribution in [-0.4, -0.2) is 50.7 Å². The lowest BCUT2D eigenvalue weighted by atomic mass is 9.97. The largest absolute Gasteiger partial charge is 0.466 e. The van der Waals surface area contributed by atoms with Crippen LogP contribution < -0.4 is 10.2 Å². The molecule has 0 aliphatic carbocycles. The van der Waals surface area contributed by atoms with Crippen LogP contribution in [0, 0.1) is 5.92 Å². The second-order valence-corrected chi connectivity index (χ2v) is 6.30. The first-order valence-corrected chi connectivity index (χ1v) is 9.10. The number of rotatable bonds is 7. The maximum atomic E-state index is 12.2. The van der Waals surface area contributed by atoms with Gasteiger partial charge in [-0.05, 0) is 38.1 Å². The van der Waals surface area contributed by atoms with Crippen molar-refractivity contribution in [2.75, 3.05) is 38.2 Å². The molecule has 26 heavy (non-hydrogen) atoms. The molecule has 2 rings (SSSR count). The first kappa shape index (κ1) is 19.9. The molecular weight excluding hydrogens is 336 g/mol.